The summed E-state index contributed by atoms with van der Waals surface area (Å²) in [5.41, 5.74) is 4.10. The van der Waals surface area contributed by atoms with Crippen LogP contribution in [0.25, 0.3) is 10.6 Å². The van der Waals surface area contributed by atoms with Gasteiger partial charge in [0.2, 0.25) is 5.13 Å². The fraction of sp³-hybridized carbons (Fsp3) is 0.111. The molecule has 4 nitrogen and oxygen atoms in total. The third-order valence-electron chi connectivity index (χ3n) is 1.98. The van der Waals surface area contributed by atoms with Crippen LogP contribution in [-0.4, -0.2) is 10.2 Å². The van der Waals surface area contributed by atoms with Crippen molar-refractivity contribution in [3.05, 3.63) is 29.6 Å². The first-order valence-electron chi connectivity index (χ1n) is 4.27. The van der Waals surface area contributed by atoms with Crippen LogP contribution in [0.2, 0.25) is 0 Å². The van der Waals surface area contributed by atoms with Crippen LogP contribution in [-0.2, 0) is 0 Å². The Balaban J connectivity index is 0.00000128. The normalized spacial score (nSPS) is 9.69. The van der Waals surface area contributed by atoms with E-state index in [2.05, 4.69) is 15.6 Å². The molecule has 0 amide bonds. The van der Waals surface area contributed by atoms with Gasteiger partial charge in [0.25, 0.3) is 0 Å². The highest BCUT2D eigenvalue weighted by Gasteiger charge is 2.09. The number of hydrogen-bond acceptors (Lipinski definition) is 5. The van der Waals surface area contributed by atoms with Gasteiger partial charge in [0.1, 0.15) is 10.8 Å². The van der Waals surface area contributed by atoms with E-state index in [0.717, 1.165) is 11.1 Å². The van der Waals surface area contributed by atoms with E-state index in [-0.39, 0.29) is 18.2 Å². The molecule has 0 aliphatic heterocycles. The topological polar surface area (TPSA) is 63.8 Å². The molecule has 0 bridgehead atoms. The van der Waals surface area contributed by atoms with Crippen LogP contribution in [0.15, 0.2) is 18.2 Å². The minimum absolute atomic E-state index is 0. The molecule has 0 spiro atoms. The predicted molar refractivity (Wildman–Crippen MR) is 65.1 cm³/mol. The summed E-state index contributed by atoms with van der Waals surface area (Å²) in [7, 11) is 0. The van der Waals surface area contributed by atoms with Crippen molar-refractivity contribution in [1.29, 1.82) is 0 Å². The Morgan fingerprint density at radius 3 is 2.75 bits per heavy atom. The van der Waals surface area contributed by atoms with Crippen LogP contribution in [0.5, 0.6) is 0 Å². The summed E-state index contributed by atoms with van der Waals surface area (Å²) in [6.07, 6.45) is 0. The molecule has 2 rings (SSSR count). The number of halogens is 2. The molecule has 0 atom stereocenters. The SMILES string of the molecule is Cc1ccc(F)cc1-c1nnc(NN)s1.Cl. The lowest BCUT2D eigenvalue weighted by atomic mass is 10.1. The maximum absolute atomic E-state index is 13.0. The fourth-order valence-electron chi connectivity index (χ4n) is 1.22. The second-order valence-electron chi connectivity index (χ2n) is 3.02. The summed E-state index contributed by atoms with van der Waals surface area (Å²) in [6, 6.07) is 4.57. The summed E-state index contributed by atoms with van der Waals surface area (Å²) < 4.78 is 13.0. The minimum Gasteiger partial charge on any atom is -0.298 e. The van der Waals surface area contributed by atoms with Crippen molar-refractivity contribution >= 4 is 28.9 Å². The maximum atomic E-state index is 13.0. The number of benzene rings is 1. The van der Waals surface area contributed by atoms with Crippen molar-refractivity contribution < 1.29 is 4.39 Å². The number of rotatable bonds is 2. The number of anilines is 1. The summed E-state index contributed by atoms with van der Waals surface area (Å²) in [4.78, 5) is 0. The molecule has 0 saturated heterocycles. The van der Waals surface area contributed by atoms with Gasteiger partial charge in [0.15, 0.2) is 0 Å². The zero-order valence-electron chi connectivity index (χ0n) is 8.40. The van der Waals surface area contributed by atoms with E-state index in [0.29, 0.717) is 10.1 Å². The zero-order valence-corrected chi connectivity index (χ0v) is 10.0. The molecule has 0 aliphatic rings. The lowest BCUT2D eigenvalue weighted by Crippen LogP contribution is -2.05. The Morgan fingerprint density at radius 1 is 1.38 bits per heavy atom. The standard InChI is InChI=1S/C9H9FN4S.ClH/c1-5-2-3-6(10)4-7(5)8-13-14-9(12-11)15-8;/h2-4H,11H2,1H3,(H,12,14);1H. The molecule has 0 unspecified atom stereocenters. The maximum Gasteiger partial charge on any atom is 0.220 e. The highest BCUT2D eigenvalue weighted by atomic mass is 35.5. The van der Waals surface area contributed by atoms with Crippen molar-refractivity contribution in [2.45, 2.75) is 6.92 Å². The first-order valence-corrected chi connectivity index (χ1v) is 5.09. The smallest absolute Gasteiger partial charge is 0.220 e. The van der Waals surface area contributed by atoms with Gasteiger partial charge in [-0.15, -0.1) is 22.6 Å². The molecule has 0 aliphatic carbocycles. The average molecular weight is 261 g/mol. The van der Waals surface area contributed by atoms with Crippen molar-refractivity contribution in [2.24, 2.45) is 5.84 Å². The molecular weight excluding hydrogens is 251 g/mol. The molecule has 0 saturated carbocycles. The number of nitrogens with zero attached hydrogens (tertiary/aromatic N) is 2. The van der Waals surface area contributed by atoms with Crippen LogP contribution in [0, 0.1) is 12.7 Å². The summed E-state index contributed by atoms with van der Waals surface area (Å²) in [6.45, 7) is 1.89. The minimum atomic E-state index is -0.284. The summed E-state index contributed by atoms with van der Waals surface area (Å²) in [5.74, 6) is 4.91. The third-order valence-corrected chi connectivity index (χ3v) is 2.87. The second kappa shape index (κ2) is 5.20. The van der Waals surface area contributed by atoms with Gasteiger partial charge in [-0.25, -0.2) is 10.2 Å². The Kier molecular flexibility index (Phi) is 4.17. The highest BCUT2D eigenvalue weighted by molar-refractivity contribution is 7.18. The van der Waals surface area contributed by atoms with Gasteiger partial charge in [0, 0.05) is 5.56 Å². The van der Waals surface area contributed by atoms with Crippen molar-refractivity contribution in [1.82, 2.24) is 10.2 Å². The van der Waals surface area contributed by atoms with Crippen LogP contribution in [0.4, 0.5) is 9.52 Å². The van der Waals surface area contributed by atoms with Crippen LogP contribution >= 0.6 is 23.7 Å². The zero-order chi connectivity index (χ0) is 10.8. The van der Waals surface area contributed by atoms with Gasteiger partial charge >= 0.3 is 0 Å². The average Bonchev–Trinajstić information content (AvgIpc) is 2.70. The number of aryl methyl sites for hydroxylation is 1. The summed E-state index contributed by atoms with van der Waals surface area (Å²) >= 11 is 1.28. The highest BCUT2D eigenvalue weighted by Crippen LogP contribution is 2.28. The first kappa shape index (κ1) is 12.8. The van der Waals surface area contributed by atoms with Crippen molar-refractivity contribution in [3.63, 3.8) is 0 Å². The first-order chi connectivity index (χ1) is 7.20. The number of nitrogens with one attached hydrogen (secondary N) is 1. The van der Waals surface area contributed by atoms with Crippen LogP contribution in [0.3, 0.4) is 0 Å². The number of nitrogen functional groups attached to an aromatic ring is 1. The van der Waals surface area contributed by atoms with E-state index in [1.165, 1.54) is 23.5 Å². The number of nitrogens with two attached hydrogens (primary N) is 1. The molecule has 86 valence electrons. The number of hydrogen-bond donors (Lipinski definition) is 2. The molecule has 3 N–H and O–H groups in total. The van der Waals surface area contributed by atoms with E-state index >= 15 is 0 Å². The van der Waals surface area contributed by atoms with Crippen molar-refractivity contribution in [2.75, 3.05) is 5.43 Å². The molecule has 1 aromatic carbocycles. The lowest BCUT2D eigenvalue weighted by molar-refractivity contribution is 0.628. The second-order valence-corrected chi connectivity index (χ2v) is 3.99. The van der Waals surface area contributed by atoms with E-state index < -0.39 is 0 Å². The van der Waals surface area contributed by atoms with Gasteiger partial charge < -0.3 is 0 Å². The molecule has 1 aromatic heterocycles. The van der Waals surface area contributed by atoms with Crippen molar-refractivity contribution in [3.8, 4) is 10.6 Å². The Labute approximate surface area is 102 Å². The van der Waals surface area contributed by atoms with Gasteiger partial charge in [0.05, 0.1) is 0 Å². The van der Waals surface area contributed by atoms with Gasteiger partial charge in [-0.3, -0.25) is 5.43 Å². The van der Waals surface area contributed by atoms with E-state index in [1.807, 2.05) is 6.92 Å². The molecule has 2 aromatic rings. The summed E-state index contributed by atoms with van der Waals surface area (Å²) in [5, 5.41) is 8.87. The third kappa shape index (κ3) is 2.46. The lowest BCUT2D eigenvalue weighted by Gasteiger charge is -2.00. The Bertz CT molecular complexity index is 488. The van der Waals surface area contributed by atoms with E-state index in [1.54, 1.807) is 6.07 Å². The molecular formula is C9H10ClFN4S. The quantitative estimate of drug-likeness (QED) is 0.643. The molecule has 1 heterocycles. The van der Waals surface area contributed by atoms with Crippen LogP contribution in [0.1, 0.15) is 5.56 Å². The monoisotopic (exact) mass is 260 g/mol. The molecule has 0 radical (unpaired) electrons. The Morgan fingerprint density at radius 2 is 2.12 bits per heavy atom. The van der Waals surface area contributed by atoms with Crippen LogP contribution < -0.4 is 11.3 Å². The molecule has 7 heteroatoms. The predicted octanol–water partition coefficient (Wildman–Crippen LogP) is 2.36. The van der Waals surface area contributed by atoms with Gasteiger partial charge in [-0.2, -0.15) is 0 Å². The van der Waals surface area contributed by atoms with Gasteiger partial charge in [-0.05, 0) is 24.6 Å². The van der Waals surface area contributed by atoms with E-state index in [4.69, 9.17) is 5.84 Å². The molecule has 0 fully saturated rings. The Hall–Kier alpha value is -1.24. The largest absolute Gasteiger partial charge is 0.298 e. The molecule has 16 heavy (non-hydrogen) atoms. The number of hydrazine groups is 1. The van der Waals surface area contributed by atoms with E-state index in [9.17, 15) is 4.39 Å². The van der Waals surface area contributed by atoms with Gasteiger partial charge in [-0.1, -0.05) is 17.4 Å². The fourth-order valence-corrected chi connectivity index (χ4v) is 1.95. The number of aromatic nitrogens is 2.